The van der Waals surface area contributed by atoms with Crippen molar-refractivity contribution in [2.75, 3.05) is 33.4 Å². The van der Waals surface area contributed by atoms with E-state index in [9.17, 15) is 0 Å². The number of ether oxygens (including phenoxy) is 2. The summed E-state index contributed by atoms with van der Waals surface area (Å²) in [5, 5.41) is 0. The Balaban J connectivity index is 1.67. The Labute approximate surface area is 98.1 Å². The van der Waals surface area contributed by atoms with E-state index < -0.39 is 0 Å². The lowest BCUT2D eigenvalue weighted by Gasteiger charge is -2.33. The van der Waals surface area contributed by atoms with E-state index in [1.807, 2.05) is 0 Å². The molecule has 3 unspecified atom stereocenters. The maximum Gasteiger partial charge on any atom is 0.0853 e. The molecule has 0 amide bonds. The van der Waals surface area contributed by atoms with E-state index in [4.69, 9.17) is 15.2 Å². The van der Waals surface area contributed by atoms with Crippen LogP contribution in [0.3, 0.4) is 0 Å². The van der Waals surface area contributed by atoms with Gasteiger partial charge in [0, 0.05) is 25.7 Å². The van der Waals surface area contributed by atoms with Crippen molar-refractivity contribution in [1.82, 2.24) is 4.90 Å². The normalized spacial score (nSPS) is 34.1. The van der Waals surface area contributed by atoms with Crippen molar-refractivity contribution in [2.45, 2.75) is 43.9 Å². The highest BCUT2D eigenvalue weighted by molar-refractivity contribution is 4.80. The van der Waals surface area contributed by atoms with Crippen LogP contribution in [0.15, 0.2) is 0 Å². The van der Waals surface area contributed by atoms with Gasteiger partial charge in [-0.15, -0.1) is 0 Å². The van der Waals surface area contributed by atoms with Crippen LogP contribution in [0.25, 0.3) is 0 Å². The zero-order chi connectivity index (χ0) is 11.4. The Morgan fingerprint density at radius 2 is 2.25 bits per heavy atom. The molecular formula is C12H24N2O2. The molecule has 0 bridgehead atoms. The van der Waals surface area contributed by atoms with Gasteiger partial charge in [0.05, 0.1) is 18.8 Å². The van der Waals surface area contributed by atoms with Gasteiger partial charge in [-0.2, -0.15) is 0 Å². The molecule has 2 fully saturated rings. The molecule has 2 aliphatic heterocycles. The molecule has 94 valence electrons. The van der Waals surface area contributed by atoms with Gasteiger partial charge in [-0.05, 0) is 32.7 Å². The minimum atomic E-state index is 0.159. The second-order valence-electron chi connectivity index (χ2n) is 5.05. The predicted octanol–water partition coefficient (Wildman–Crippen LogP) is 0.603. The first-order valence-electron chi connectivity index (χ1n) is 6.43. The minimum Gasteiger partial charge on any atom is -0.378 e. The highest BCUT2D eigenvalue weighted by Gasteiger charge is 2.25. The van der Waals surface area contributed by atoms with E-state index in [-0.39, 0.29) is 12.1 Å². The van der Waals surface area contributed by atoms with Crippen LogP contribution < -0.4 is 5.73 Å². The van der Waals surface area contributed by atoms with Gasteiger partial charge in [0.1, 0.15) is 0 Å². The van der Waals surface area contributed by atoms with Crippen molar-refractivity contribution in [2.24, 2.45) is 5.73 Å². The summed E-state index contributed by atoms with van der Waals surface area (Å²) in [4.78, 5) is 2.29. The molecule has 0 aromatic carbocycles. The van der Waals surface area contributed by atoms with Crippen LogP contribution in [0.2, 0.25) is 0 Å². The predicted molar refractivity (Wildman–Crippen MR) is 63.4 cm³/mol. The Morgan fingerprint density at radius 3 is 2.94 bits per heavy atom. The molecule has 2 heterocycles. The van der Waals surface area contributed by atoms with Crippen LogP contribution in [0.4, 0.5) is 0 Å². The summed E-state index contributed by atoms with van der Waals surface area (Å²) in [7, 11) is 2.13. The number of nitrogens with zero attached hydrogens (tertiary/aromatic N) is 1. The highest BCUT2D eigenvalue weighted by Crippen LogP contribution is 2.19. The van der Waals surface area contributed by atoms with E-state index >= 15 is 0 Å². The lowest BCUT2D eigenvalue weighted by molar-refractivity contribution is -0.0353. The summed E-state index contributed by atoms with van der Waals surface area (Å²) in [5.41, 5.74) is 6.18. The van der Waals surface area contributed by atoms with Gasteiger partial charge < -0.3 is 20.1 Å². The van der Waals surface area contributed by atoms with Crippen molar-refractivity contribution in [1.29, 1.82) is 0 Å². The molecule has 2 aliphatic rings. The first kappa shape index (κ1) is 12.3. The standard InChI is InChI=1S/C12H24N2O2/c1-14-6-8-16-12(9-14)11(13)5-4-10-3-2-7-15-10/h10-12H,2-9,13H2,1H3. The molecule has 3 atom stereocenters. The molecule has 0 aromatic rings. The second kappa shape index (κ2) is 5.96. The van der Waals surface area contributed by atoms with Gasteiger partial charge in [0.2, 0.25) is 0 Å². The summed E-state index contributed by atoms with van der Waals surface area (Å²) in [6, 6.07) is 0.159. The molecule has 0 radical (unpaired) electrons. The molecule has 16 heavy (non-hydrogen) atoms. The maximum atomic E-state index is 6.18. The van der Waals surface area contributed by atoms with Gasteiger partial charge in [0.15, 0.2) is 0 Å². The summed E-state index contributed by atoms with van der Waals surface area (Å²) in [5.74, 6) is 0. The first-order chi connectivity index (χ1) is 7.75. The van der Waals surface area contributed by atoms with E-state index in [1.165, 1.54) is 12.8 Å². The highest BCUT2D eigenvalue weighted by atomic mass is 16.5. The van der Waals surface area contributed by atoms with E-state index in [2.05, 4.69) is 11.9 Å². The van der Waals surface area contributed by atoms with Gasteiger partial charge in [-0.1, -0.05) is 0 Å². The van der Waals surface area contributed by atoms with E-state index in [0.29, 0.717) is 6.10 Å². The molecular weight excluding hydrogens is 204 g/mol. The van der Waals surface area contributed by atoms with Crippen molar-refractivity contribution in [3.05, 3.63) is 0 Å². The van der Waals surface area contributed by atoms with E-state index in [1.54, 1.807) is 0 Å². The van der Waals surface area contributed by atoms with Gasteiger partial charge in [0.25, 0.3) is 0 Å². The summed E-state index contributed by atoms with van der Waals surface area (Å²) >= 11 is 0. The van der Waals surface area contributed by atoms with Crippen molar-refractivity contribution in [3.63, 3.8) is 0 Å². The summed E-state index contributed by atoms with van der Waals surface area (Å²) < 4.78 is 11.3. The largest absolute Gasteiger partial charge is 0.378 e. The van der Waals surface area contributed by atoms with Crippen molar-refractivity contribution in [3.8, 4) is 0 Å². The molecule has 0 spiro atoms. The van der Waals surface area contributed by atoms with Crippen LogP contribution in [0.5, 0.6) is 0 Å². The molecule has 0 aliphatic carbocycles. The SMILES string of the molecule is CN1CCOC(C(N)CCC2CCCO2)C1. The monoisotopic (exact) mass is 228 g/mol. The average Bonchev–Trinajstić information content (AvgIpc) is 2.78. The Kier molecular flexibility index (Phi) is 4.58. The fourth-order valence-corrected chi connectivity index (χ4v) is 2.51. The summed E-state index contributed by atoms with van der Waals surface area (Å²) in [6.45, 7) is 3.74. The Morgan fingerprint density at radius 1 is 1.38 bits per heavy atom. The number of morpholine rings is 1. The molecule has 2 saturated heterocycles. The lowest BCUT2D eigenvalue weighted by Crippen LogP contribution is -2.49. The number of nitrogens with two attached hydrogens (primary N) is 1. The van der Waals surface area contributed by atoms with Crippen LogP contribution in [0, 0.1) is 0 Å². The Bertz CT molecular complexity index is 207. The number of rotatable bonds is 4. The lowest BCUT2D eigenvalue weighted by atomic mass is 10.0. The van der Waals surface area contributed by atoms with E-state index in [0.717, 1.165) is 39.1 Å². The molecule has 0 saturated carbocycles. The molecule has 4 nitrogen and oxygen atoms in total. The summed E-state index contributed by atoms with van der Waals surface area (Å²) in [6.07, 6.45) is 5.18. The molecule has 2 N–H and O–H groups in total. The average molecular weight is 228 g/mol. The zero-order valence-corrected chi connectivity index (χ0v) is 10.2. The molecule has 2 rings (SSSR count). The number of likely N-dealkylation sites (N-methyl/N-ethyl adjacent to an activating group) is 1. The van der Waals surface area contributed by atoms with Crippen LogP contribution >= 0.6 is 0 Å². The smallest absolute Gasteiger partial charge is 0.0853 e. The third kappa shape index (κ3) is 3.42. The Hall–Kier alpha value is -0.160. The first-order valence-corrected chi connectivity index (χ1v) is 6.43. The topological polar surface area (TPSA) is 47.7 Å². The van der Waals surface area contributed by atoms with Crippen LogP contribution in [-0.2, 0) is 9.47 Å². The fraction of sp³-hybridized carbons (Fsp3) is 1.00. The van der Waals surface area contributed by atoms with Gasteiger partial charge in [-0.3, -0.25) is 0 Å². The van der Waals surface area contributed by atoms with Crippen molar-refractivity contribution < 1.29 is 9.47 Å². The quantitative estimate of drug-likeness (QED) is 0.765. The zero-order valence-electron chi connectivity index (χ0n) is 10.2. The fourth-order valence-electron chi connectivity index (χ4n) is 2.51. The minimum absolute atomic E-state index is 0.159. The third-order valence-corrected chi connectivity index (χ3v) is 3.62. The van der Waals surface area contributed by atoms with Crippen molar-refractivity contribution >= 4 is 0 Å². The number of hydrogen-bond donors (Lipinski definition) is 1. The number of hydrogen-bond acceptors (Lipinski definition) is 4. The van der Waals surface area contributed by atoms with Gasteiger partial charge in [-0.25, -0.2) is 0 Å². The third-order valence-electron chi connectivity index (χ3n) is 3.62. The van der Waals surface area contributed by atoms with Gasteiger partial charge >= 0.3 is 0 Å². The van der Waals surface area contributed by atoms with Crippen LogP contribution in [0.1, 0.15) is 25.7 Å². The second-order valence-corrected chi connectivity index (χ2v) is 5.05. The maximum absolute atomic E-state index is 6.18. The molecule has 4 heteroatoms. The van der Waals surface area contributed by atoms with Crippen LogP contribution in [-0.4, -0.2) is 56.5 Å². The molecule has 0 aromatic heterocycles.